The second-order valence-electron chi connectivity index (χ2n) is 7.53. The topological polar surface area (TPSA) is 74.6 Å². The van der Waals surface area contributed by atoms with Crippen molar-refractivity contribution >= 4 is 12.3 Å². The Hall–Kier alpha value is -2.20. The predicted molar refractivity (Wildman–Crippen MR) is 105 cm³/mol. The molecular weight excluding hydrogens is 328 g/mol. The fraction of sp³-hybridized carbons (Fsp3) is 0.455. The molecule has 1 unspecified atom stereocenters. The van der Waals surface area contributed by atoms with Crippen molar-refractivity contribution in [2.24, 2.45) is 5.41 Å². The molecule has 0 spiro atoms. The maximum atomic E-state index is 11.0. The number of carboxylic acid groups (broad SMARTS) is 1. The SMILES string of the molecule is CC(C=CC1=C(C)CCCC1(C)C)=CC=CC(C)=C(C=O)C(O)C(=O)O. The highest BCUT2D eigenvalue weighted by molar-refractivity contribution is 5.89. The number of aliphatic carboxylic acids is 1. The Bertz CT molecular complexity index is 700. The van der Waals surface area contributed by atoms with E-state index in [0.717, 1.165) is 12.0 Å². The molecule has 0 aromatic heterocycles. The summed E-state index contributed by atoms with van der Waals surface area (Å²) < 4.78 is 0. The van der Waals surface area contributed by atoms with E-state index in [1.807, 2.05) is 13.0 Å². The summed E-state index contributed by atoms with van der Waals surface area (Å²) in [7, 11) is 0. The monoisotopic (exact) mass is 358 g/mol. The summed E-state index contributed by atoms with van der Waals surface area (Å²) in [6.07, 6.45) is 11.7. The maximum Gasteiger partial charge on any atom is 0.337 e. The number of hydrogen-bond acceptors (Lipinski definition) is 3. The van der Waals surface area contributed by atoms with Crippen LogP contribution in [0.1, 0.15) is 53.9 Å². The summed E-state index contributed by atoms with van der Waals surface area (Å²) in [6, 6.07) is 0. The summed E-state index contributed by atoms with van der Waals surface area (Å²) >= 11 is 0. The minimum atomic E-state index is -1.80. The van der Waals surface area contributed by atoms with Crippen molar-refractivity contribution in [3.05, 3.63) is 58.2 Å². The van der Waals surface area contributed by atoms with E-state index >= 15 is 0 Å². The van der Waals surface area contributed by atoms with E-state index in [1.165, 1.54) is 24.0 Å². The van der Waals surface area contributed by atoms with Crippen molar-refractivity contribution in [2.45, 2.75) is 60.0 Å². The average Bonchev–Trinajstić information content (AvgIpc) is 2.54. The lowest BCUT2D eigenvalue weighted by Gasteiger charge is -2.32. The minimum Gasteiger partial charge on any atom is -0.479 e. The van der Waals surface area contributed by atoms with Crippen LogP contribution in [0.15, 0.2) is 58.2 Å². The van der Waals surface area contributed by atoms with Gasteiger partial charge >= 0.3 is 5.97 Å². The Labute approximate surface area is 156 Å². The molecule has 0 aliphatic heterocycles. The first-order chi connectivity index (χ1) is 12.1. The van der Waals surface area contributed by atoms with E-state index in [9.17, 15) is 14.7 Å². The van der Waals surface area contributed by atoms with Crippen LogP contribution in [-0.2, 0) is 9.59 Å². The van der Waals surface area contributed by atoms with Crippen LogP contribution in [0.25, 0.3) is 0 Å². The van der Waals surface area contributed by atoms with Gasteiger partial charge in [-0.05, 0) is 56.6 Å². The van der Waals surface area contributed by atoms with Gasteiger partial charge in [-0.15, -0.1) is 0 Å². The fourth-order valence-corrected chi connectivity index (χ4v) is 3.23. The number of aliphatic hydroxyl groups excluding tert-OH is 1. The molecule has 1 aliphatic carbocycles. The normalized spacial score (nSPS) is 20.5. The summed E-state index contributed by atoms with van der Waals surface area (Å²) in [5, 5.41) is 18.3. The molecule has 0 amide bonds. The Kier molecular flexibility index (Phi) is 7.97. The zero-order chi connectivity index (χ0) is 19.9. The summed E-state index contributed by atoms with van der Waals surface area (Å²) in [4.78, 5) is 21.8. The number of aldehydes is 1. The number of carboxylic acids is 1. The lowest BCUT2D eigenvalue weighted by atomic mass is 9.72. The van der Waals surface area contributed by atoms with Gasteiger partial charge in [-0.2, -0.15) is 0 Å². The number of hydrogen-bond donors (Lipinski definition) is 2. The third-order valence-corrected chi connectivity index (χ3v) is 4.87. The zero-order valence-electron chi connectivity index (χ0n) is 16.4. The molecule has 1 aliphatic rings. The third-order valence-electron chi connectivity index (χ3n) is 4.87. The van der Waals surface area contributed by atoms with Crippen LogP contribution in [0.2, 0.25) is 0 Å². The highest BCUT2D eigenvalue weighted by Gasteiger charge is 2.26. The molecule has 1 rings (SSSR count). The predicted octanol–water partition coefficient (Wildman–Crippen LogP) is 4.53. The summed E-state index contributed by atoms with van der Waals surface area (Å²) in [5.41, 5.74) is 4.36. The second-order valence-corrected chi connectivity index (χ2v) is 7.53. The second kappa shape index (κ2) is 9.48. The van der Waals surface area contributed by atoms with Crippen LogP contribution in [0.4, 0.5) is 0 Å². The van der Waals surface area contributed by atoms with Crippen LogP contribution in [-0.4, -0.2) is 28.6 Å². The molecule has 0 radical (unpaired) electrons. The van der Waals surface area contributed by atoms with E-state index in [4.69, 9.17) is 5.11 Å². The highest BCUT2D eigenvalue weighted by atomic mass is 16.4. The van der Waals surface area contributed by atoms with Gasteiger partial charge in [-0.1, -0.05) is 55.4 Å². The molecule has 142 valence electrons. The molecule has 0 aromatic rings. The van der Waals surface area contributed by atoms with Gasteiger partial charge in [0.15, 0.2) is 6.10 Å². The largest absolute Gasteiger partial charge is 0.479 e. The fourth-order valence-electron chi connectivity index (χ4n) is 3.23. The number of allylic oxidation sites excluding steroid dienone is 9. The van der Waals surface area contributed by atoms with Crippen molar-refractivity contribution in [3.8, 4) is 0 Å². The molecule has 0 saturated heterocycles. The van der Waals surface area contributed by atoms with Crippen molar-refractivity contribution in [1.82, 2.24) is 0 Å². The van der Waals surface area contributed by atoms with Crippen molar-refractivity contribution in [2.75, 3.05) is 0 Å². The Morgan fingerprint density at radius 3 is 2.42 bits per heavy atom. The number of rotatable bonds is 7. The molecule has 2 N–H and O–H groups in total. The molecule has 0 bridgehead atoms. The van der Waals surface area contributed by atoms with Gasteiger partial charge in [0.2, 0.25) is 0 Å². The number of aliphatic hydroxyl groups is 1. The van der Waals surface area contributed by atoms with Gasteiger partial charge < -0.3 is 10.2 Å². The Morgan fingerprint density at radius 2 is 1.88 bits per heavy atom. The van der Waals surface area contributed by atoms with E-state index in [-0.39, 0.29) is 11.0 Å². The van der Waals surface area contributed by atoms with Crippen LogP contribution in [0, 0.1) is 5.41 Å². The number of carbonyl (C=O) groups is 2. The van der Waals surface area contributed by atoms with Crippen molar-refractivity contribution < 1.29 is 19.8 Å². The van der Waals surface area contributed by atoms with Gasteiger partial charge in [0.05, 0.1) is 0 Å². The molecule has 0 fully saturated rings. The first-order valence-electron chi connectivity index (χ1n) is 8.90. The Balaban J connectivity index is 2.93. The molecule has 0 aromatic carbocycles. The average molecular weight is 358 g/mol. The summed E-state index contributed by atoms with van der Waals surface area (Å²) in [5.74, 6) is -1.44. The van der Waals surface area contributed by atoms with E-state index in [0.29, 0.717) is 11.9 Å². The molecule has 4 nitrogen and oxygen atoms in total. The van der Waals surface area contributed by atoms with Crippen LogP contribution < -0.4 is 0 Å². The molecule has 4 heteroatoms. The third kappa shape index (κ3) is 5.95. The lowest BCUT2D eigenvalue weighted by Crippen LogP contribution is -2.23. The smallest absolute Gasteiger partial charge is 0.337 e. The van der Waals surface area contributed by atoms with Crippen LogP contribution >= 0.6 is 0 Å². The van der Waals surface area contributed by atoms with Gasteiger partial charge in [0, 0.05) is 5.57 Å². The molecular formula is C22H30O4. The van der Waals surface area contributed by atoms with Gasteiger partial charge in [0.1, 0.15) is 6.29 Å². The molecule has 0 saturated carbocycles. The molecule has 1 atom stereocenters. The highest BCUT2D eigenvalue weighted by Crippen LogP contribution is 2.40. The zero-order valence-corrected chi connectivity index (χ0v) is 16.4. The minimum absolute atomic E-state index is 0.139. The van der Waals surface area contributed by atoms with E-state index in [1.54, 1.807) is 19.1 Å². The first kappa shape index (κ1) is 21.8. The van der Waals surface area contributed by atoms with E-state index in [2.05, 4.69) is 32.9 Å². The van der Waals surface area contributed by atoms with Crippen molar-refractivity contribution in [1.29, 1.82) is 0 Å². The number of carbonyl (C=O) groups excluding carboxylic acids is 1. The lowest BCUT2D eigenvalue weighted by molar-refractivity contribution is -0.145. The maximum absolute atomic E-state index is 11.0. The van der Waals surface area contributed by atoms with E-state index < -0.39 is 12.1 Å². The summed E-state index contributed by atoms with van der Waals surface area (Å²) in [6.45, 7) is 10.3. The molecule has 0 heterocycles. The quantitative estimate of drug-likeness (QED) is 0.398. The standard InChI is InChI=1S/C22H30O4/c1-15(11-12-19-17(3)10-7-13-22(19,4)5)8-6-9-16(2)18(14-23)20(24)21(25)26/h6,8-9,11-12,14,20,24H,7,10,13H2,1-5H3,(H,25,26). The Morgan fingerprint density at radius 1 is 1.23 bits per heavy atom. The van der Waals surface area contributed by atoms with Crippen LogP contribution in [0.3, 0.4) is 0 Å². The van der Waals surface area contributed by atoms with Crippen LogP contribution in [0.5, 0.6) is 0 Å². The van der Waals surface area contributed by atoms with Crippen molar-refractivity contribution in [3.63, 3.8) is 0 Å². The first-order valence-corrected chi connectivity index (χ1v) is 8.90. The van der Waals surface area contributed by atoms with Gasteiger partial charge in [-0.3, -0.25) is 4.79 Å². The van der Waals surface area contributed by atoms with Gasteiger partial charge in [0.25, 0.3) is 0 Å². The molecule has 26 heavy (non-hydrogen) atoms. The van der Waals surface area contributed by atoms with Gasteiger partial charge in [-0.25, -0.2) is 4.79 Å².